The second-order valence-corrected chi connectivity index (χ2v) is 14.8. The predicted octanol–water partition coefficient (Wildman–Crippen LogP) is 5.95. The number of alkyl halides is 6. The van der Waals surface area contributed by atoms with Crippen LogP contribution in [0.2, 0.25) is 0 Å². The number of rotatable bonds is 8. The molecule has 0 aliphatic carbocycles. The Kier molecular flexibility index (Phi) is 10.2. The average Bonchev–Trinajstić information content (AvgIpc) is 3.53. The van der Waals surface area contributed by atoms with Crippen LogP contribution in [0.25, 0.3) is 0 Å². The number of hydrogen-bond donors (Lipinski definition) is 2. The van der Waals surface area contributed by atoms with Gasteiger partial charge >= 0.3 is 18.4 Å². The number of urea groups is 1. The number of benzene rings is 3. The molecule has 278 valence electrons. The van der Waals surface area contributed by atoms with E-state index in [4.69, 9.17) is 0 Å². The average molecular weight is 755 g/mol. The first-order valence-corrected chi connectivity index (χ1v) is 16.9. The molecule has 2 saturated heterocycles. The first-order chi connectivity index (χ1) is 23.7. The lowest BCUT2D eigenvalue weighted by Gasteiger charge is -2.39. The van der Waals surface area contributed by atoms with Crippen LogP contribution in [0.15, 0.2) is 71.6 Å². The molecule has 0 aromatic heterocycles. The molecule has 18 heteroatoms. The molecule has 2 aliphatic rings. The largest absolute Gasteiger partial charge is 0.430 e. The quantitative estimate of drug-likeness (QED) is 0.218. The van der Waals surface area contributed by atoms with Crippen molar-refractivity contribution in [2.45, 2.75) is 59.1 Å². The van der Waals surface area contributed by atoms with Crippen LogP contribution in [0, 0.1) is 17.5 Å². The zero-order chi connectivity index (χ0) is 37.6. The summed E-state index contributed by atoms with van der Waals surface area (Å²) in [6.45, 7) is -3.19. The lowest BCUT2D eigenvalue weighted by molar-refractivity contribution is -0.392. The monoisotopic (exact) mass is 754 g/mol. The van der Waals surface area contributed by atoms with Gasteiger partial charge < -0.3 is 24.7 Å². The number of amides is 2. The lowest BCUT2D eigenvalue weighted by atomic mass is 9.88. The number of carbonyl (C=O) groups excluding carboxylic acids is 1. The van der Waals surface area contributed by atoms with Gasteiger partial charge in [0.05, 0.1) is 23.7 Å². The maximum Gasteiger partial charge on any atom is 0.430 e. The van der Waals surface area contributed by atoms with Crippen LogP contribution < -0.4 is 0 Å². The van der Waals surface area contributed by atoms with Crippen molar-refractivity contribution in [3.8, 4) is 0 Å². The second kappa shape index (κ2) is 13.6. The van der Waals surface area contributed by atoms with Gasteiger partial charge in [0.25, 0.3) is 5.60 Å². The summed E-state index contributed by atoms with van der Waals surface area (Å²) in [4.78, 5) is 15.5. The Balaban J connectivity index is 1.57. The van der Waals surface area contributed by atoms with E-state index in [-0.39, 0.29) is 44.5 Å². The van der Waals surface area contributed by atoms with E-state index in [2.05, 4.69) is 4.74 Å². The van der Waals surface area contributed by atoms with E-state index < -0.39 is 97.4 Å². The van der Waals surface area contributed by atoms with Gasteiger partial charge in [-0.25, -0.2) is 26.4 Å². The number of ether oxygens (including phenoxy) is 1. The van der Waals surface area contributed by atoms with Gasteiger partial charge in [-0.2, -0.15) is 26.3 Å². The van der Waals surface area contributed by atoms with Gasteiger partial charge in [0.2, 0.25) is 0 Å². The molecule has 0 bridgehead atoms. The minimum absolute atomic E-state index is 0.00739. The molecule has 0 radical (unpaired) electrons. The fourth-order valence-corrected chi connectivity index (χ4v) is 8.54. The topological polar surface area (TPSA) is 107 Å². The van der Waals surface area contributed by atoms with Crippen LogP contribution in [0.4, 0.5) is 44.3 Å². The van der Waals surface area contributed by atoms with Crippen LogP contribution in [0.3, 0.4) is 0 Å². The van der Waals surface area contributed by atoms with Gasteiger partial charge in [-0.3, -0.25) is 0 Å². The molecule has 51 heavy (non-hydrogen) atoms. The number of sulfone groups is 1. The van der Waals surface area contributed by atoms with Gasteiger partial charge in [0.1, 0.15) is 22.2 Å². The molecule has 2 heterocycles. The van der Waals surface area contributed by atoms with Crippen molar-refractivity contribution < 1.29 is 67.7 Å². The second-order valence-electron chi connectivity index (χ2n) is 12.5. The van der Waals surface area contributed by atoms with Crippen molar-refractivity contribution in [3.05, 3.63) is 101 Å². The van der Waals surface area contributed by atoms with Crippen LogP contribution >= 0.6 is 0 Å². The van der Waals surface area contributed by atoms with Crippen LogP contribution in [-0.4, -0.2) is 85.2 Å². The maximum absolute atomic E-state index is 14.5. The normalized spacial score (nSPS) is 20.1. The minimum Gasteiger partial charge on any atom is -0.393 e. The number of aliphatic hydroxyl groups excluding tert-OH is 1. The van der Waals surface area contributed by atoms with Gasteiger partial charge in [-0.1, -0.05) is 30.3 Å². The number of likely N-dealkylation sites (tertiary alicyclic amines) is 2. The first kappa shape index (κ1) is 38.4. The van der Waals surface area contributed by atoms with Crippen molar-refractivity contribution in [1.29, 1.82) is 0 Å². The third kappa shape index (κ3) is 6.78. The number of halogens is 9. The van der Waals surface area contributed by atoms with Gasteiger partial charge in [-0.15, -0.1) is 0 Å². The number of carbonyl (C=O) groups is 1. The predicted molar refractivity (Wildman–Crippen MR) is 161 cm³/mol. The van der Waals surface area contributed by atoms with Crippen molar-refractivity contribution in [2.24, 2.45) is 0 Å². The first-order valence-electron chi connectivity index (χ1n) is 15.4. The molecule has 0 spiro atoms. The Morgan fingerprint density at radius 2 is 1.31 bits per heavy atom. The van der Waals surface area contributed by atoms with E-state index in [0.717, 1.165) is 35.2 Å². The molecule has 5 rings (SSSR count). The molecule has 3 aromatic carbocycles. The summed E-state index contributed by atoms with van der Waals surface area (Å²) in [6, 6.07) is 7.10. The highest BCUT2D eigenvalue weighted by molar-refractivity contribution is 7.92. The number of aliphatic hydroxyl groups is 2. The number of piperidine rings is 1. The summed E-state index contributed by atoms with van der Waals surface area (Å²) >= 11 is 0. The van der Waals surface area contributed by atoms with E-state index in [0.29, 0.717) is 36.4 Å². The molecule has 2 aliphatic heterocycles. The number of hydrogen-bond acceptors (Lipinski definition) is 6. The summed E-state index contributed by atoms with van der Waals surface area (Å²) in [7, 11) is -4.66. The van der Waals surface area contributed by atoms with Gasteiger partial charge in [0, 0.05) is 37.3 Å². The zero-order valence-electron chi connectivity index (χ0n) is 26.4. The molecule has 2 amide bonds. The summed E-state index contributed by atoms with van der Waals surface area (Å²) in [6.07, 6.45) is -12.9. The van der Waals surface area contributed by atoms with E-state index in [1.807, 2.05) is 0 Å². The molecule has 2 N–H and O–H groups in total. The highest BCUT2D eigenvalue weighted by Crippen LogP contribution is 2.54. The van der Waals surface area contributed by atoms with Crippen LogP contribution in [-0.2, 0) is 31.5 Å². The number of nitrogens with zero attached hydrogens (tertiary/aromatic N) is 2. The Labute approximate surface area is 286 Å². The molecule has 3 aromatic rings. The molecular weight excluding hydrogens is 723 g/mol. The highest BCUT2D eigenvalue weighted by atomic mass is 32.2. The van der Waals surface area contributed by atoms with Gasteiger partial charge in [0.15, 0.2) is 9.84 Å². The van der Waals surface area contributed by atoms with Crippen molar-refractivity contribution in [2.75, 3.05) is 32.8 Å². The standard InChI is InChI=1S/C33H31F9N2O6S/c34-23-8-10-24(11-9-23)51(48,49)30(14-17-44(19-30)28(46)43-15-12-29(47,20-45)13-16-43)21-4-6-22(7-5-21)31(32(37,38)39,33(40,41)42)50-18-25-26(35)2-1-3-27(25)36/h1-11,45,47H,12-20H2. The van der Waals surface area contributed by atoms with Crippen molar-refractivity contribution in [1.82, 2.24) is 9.80 Å². The maximum atomic E-state index is 14.5. The third-order valence-corrected chi connectivity index (χ3v) is 12.0. The summed E-state index contributed by atoms with van der Waals surface area (Å²) in [5, 5.41) is 19.8. The summed E-state index contributed by atoms with van der Waals surface area (Å²) in [5.41, 5.74) is -9.63. The molecule has 1 unspecified atom stereocenters. The minimum atomic E-state index is -6.25. The molecule has 2 fully saturated rings. The fourth-order valence-electron chi connectivity index (χ4n) is 6.46. The van der Waals surface area contributed by atoms with Crippen LogP contribution in [0.1, 0.15) is 36.0 Å². The van der Waals surface area contributed by atoms with Crippen LogP contribution in [0.5, 0.6) is 0 Å². The fraction of sp³-hybridized carbons (Fsp3) is 0.424. The van der Waals surface area contributed by atoms with E-state index in [1.165, 1.54) is 4.90 Å². The highest BCUT2D eigenvalue weighted by Gasteiger charge is 2.73. The molecular formula is C33H31F9N2O6S. The van der Waals surface area contributed by atoms with E-state index in [1.54, 1.807) is 0 Å². The SMILES string of the molecule is O=C(N1CCC(O)(CO)CC1)N1CCC(c2ccc(C(OCc3c(F)cccc3F)(C(F)(F)F)C(F)(F)F)cc2)(S(=O)(=O)c2ccc(F)cc2)C1. The Bertz CT molecular complexity index is 1810. The third-order valence-electron chi connectivity index (χ3n) is 9.51. The van der Waals surface area contributed by atoms with E-state index in [9.17, 15) is 62.9 Å². The molecule has 1 atom stereocenters. The van der Waals surface area contributed by atoms with Crippen molar-refractivity contribution >= 4 is 15.9 Å². The zero-order valence-corrected chi connectivity index (χ0v) is 27.3. The Hall–Kier alpha value is -3.87. The Morgan fingerprint density at radius 1 is 0.784 bits per heavy atom. The van der Waals surface area contributed by atoms with Crippen molar-refractivity contribution in [3.63, 3.8) is 0 Å². The summed E-state index contributed by atoms with van der Waals surface area (Å²) in [5.74, 6) is -3.70. The Morgan fingerprint density at radius 3 is 1.82 bits per heavy atom. The van der Waals surface area contributed by atoms with Gasteiger partial charge in [-0.05, 0) is 61.2 Å². The molecule has 8 nitrogen and oxygen atoms in total. The molecule has 0 saturated carbocycles. The van der Waals surface area contributed by atoms with E-state index >= 15 is 0 Å². The lowest BCUT2D eigenvalue weighted by Crippen LogP contribution is -2.56. The smallest absolute Gasteiger partial charge is 0.393 e. The summed E-state index contributed by atoms with van der Waals surface area (Å²) < 4.78 is 160.